The summed E-state index contributed by atoms with van der Waals surface area (Å²) in [4.78, 5) is 36.4. The first-order chi connectivity index (χ1) is 13.1. The Hall–Kier alpha value is -3.16. The fourth-order valence-corrected chi connectivity index (χ4v) is 3.81. The summed E-state index contributed by atoms with van der Waals surface area (Å²) >= 11 is 0. The van der Waals surface area contributed by atoms with Gasteiger partial charge in [-0.2, -0.15) is 0 Å². The third kappa shape index (κ3) is 2.97. The van der Waals surface area contributed by atoms with E-state index in [2.05, 4.69) is 15.0 Å². The van der Waals surface area contributed by atoms with Crippen molar-refractivity contribution in [2.24, 2.45) is 5.73 Å². The Bertz CT molecular complexity index is 1060. The van der Waals surface area contributed by atoms with E-state index in [1.807, 2.05) is 12.1 Å². The molecular formula is C19H21N5O3. The lowest BCUT2D eigenvalue weighted by Gasteiger charge is -2.22. The Morgan fingerprint density at radius 1 is 1.22 bits per heavy atom. The average molecular weight is 367 g/mol. The van der Waals surface area contributed by atoms with Crippen molar-refractivity contribution in [2.45, 2.75) is 38.1 Å². The van der Waals surface area contributed by atoms with Gasteiger partial charge in [0.1, 0.15) is 11.3 Å². The number of nitrogens with one attached hydrogen (secondary N) is 1. The van der Waals surface area contributed by atoms with E-state index in [4.69, 9.17) is 10.5 Å². The zero-order valence-corrected chi connectivity index (χ0v) is 15.1. The molecule has 0 radical (unpaired) electrons. The van der Waals surface area contributed by atoms with Gasteiger partial charge in [0.05, 0.1) is 12.7 Å². The highest BCUT2D eigenvalue weighted by atomic mass is 16.5. The van der Waals surface area contributed by atoms with E-state index in [1.165, 1.54) is 6.42 Å². The van der Waals surface area contributed by atoms with Crippen molar-refractivity contribution in [3.8, 4) is 17.1 Å². The van der Waals surface area contributed by atoms with Gasteiger partial charge in [0.15, 0.2) is 17.2 Å². The molecule has 1 aromatic carbocycles. The molecule has 0 spiro atoms. The van der Waals surface area contributed by atoms with Crippen LogP contribution in [0.15, 0.2) is 29.1 Å². The van der Waals surface area contributed by atoms with Crippen molar-refractivity contribution in [2.75, 3.05) is 7.11 Å². The minimum absolute atomic E-state index is 0.00701. The molecule has 2 heterocycles. The molecule has 0 aliphatic heterocycles. The number of primary amides is 1. The SMILES string of the molecule is COc1ccccc1-c1nc(C(N)=O)c2[nH]c(=O)n(C3CCCCC3)c2n1. The van der Waals surface area contributed by atoms with Gasteiger partial charge in [0.25, 0.3) is 5.91 Å². The number of ether oxygens (including phenoxy) is 1. The van der Waals surface area contributed by atoms with Gasteiger partial charge in [0, 0.05) is 6.04 Å². The molecule has 8 heteroatoms. The van der Waals surface area contributed by atoms with Crippen LogP contribution in [0.3, 0.4) is 0 Å². The lowest BCUT2D eigenvalue weighted by atomic mass is 9.95. The molecule has 2 aromatic heterocycles. The number of hydrogen-bond acceptors (Lipinski definition) is 5. The van der Waals surface area contributed by atoms with Gasteiger partial charge < -0.3 is 15.5 Å². The minimum atomic E-state index is -0.712. The summed E-state index contributed by atoms with van der Waals surface area (Å²) in [5.74, 6) is 0.169. The number of aromatic amines is 1. The molecular weight excluding hydrogens is 346 g/mol. The van der Waals surface area contributed by atoms with Crippen LogP contribution in [-0.2, 0) is 0 Å². The van der Waals surface area contributed by atoms with E-state index >= 15 is 0 Å². The number of nitrogens with two attached hydrogens (primary N) is 1. The molecule has 1 aliphatic rings. The summed E-state index contributed by atoms with van der Waals surface area (Å²) in [6.07, 6.45) is 5.12. The first kappa shape index (κ1) is 17.3. The standard InChI is InChI=1S/C19H21N5O3/c1-27-13-10-6-5-9-12(13)17-21-14(16(20)25)15-18(23-17)24(19(26)22-15)11-7-3-2-4-8-11/h5-6,9-11H,2-4,7-8H2,1H3,(H2,20,25)(H,22,26). The zero-order valence-electron chi connectivity index (χ0n) is 15.1. The highest BCUT2D eigenvalue weighted by molar-refractivity contribution is 6.02. The third-order valence-electron chi connectivity index (χ3n) is 5.09. The molecule has 3 N–H and O–H groups in total. The zero-order chi connectivity index (χ0) is 19.0. The van der Waals surface area contributed by atoms with Gasteiger partial charge in [0.2, 0.25) is 0 Å². The minimum Gasteiger partial charge on any atom is -0.496 e. The number of para-hydroxylation sites is 1. The number of carbonyl (C=O) groups excluding carboxylic acids is 1. The lowest BCUT2D eigenvalue weighted by Crippen LogP contribution is -2.24. The third-order valence-corrected chi connectivity index (χ3v) is 5.09. The second-order valence-electron chi connectivity index (χ2n) is 6.75. The highest BCUT2D eigenvalue weighted by Crippen LogP contribution is 2.32. The predicted molar refractivity (Wildman–Crippen MR) is 101 cm³/mol. The number of fused-ring (bicyclic) bond motifs is 1. The van der Waals surface area contributed by atoms with E-state index in [9.17, 15) is 9.59 Å². The number of nitrogens with zero attached hydrogens (tertiary/aromatic N) is 3. The van der Waals surface area contributed by atoms with Crippen molar-refractivity contribution in [1.82, 2.24) is 19.5 Å². The van der Waals surface area contributed by atoms with Crippen molar-refractivity contribution in [1.29, 1.82) is 0 Å². The summed E-state index contributed by atoms with van der Waals surface area (Å²) in [7, 11) is 1.56. The molecule has 1 fully saturated rings. The fourth-order valence-electron chi connectivity index (χ4n) is 3.81. The Kier molecular flexibility index (Phi) is 4.39. The van der Waals surface area contributed by atoms with E-state index < -0.39 is 5.91 Å². The molecule has 1 saturated carbocycles. The second-order valence-corrected chi connectivity index (χ2v) is 6.75. The number of imidazole rings is 1. The summed E-state index contributed by atoms with van der Waals surface area (Å²) in [6.45, 7) is 0. The van der Waals surface area contributed by atoms with E-state index in [0.717, 1.165) is 25.7 Å². The second kappa shape index (κ2) is 6.86. The monoisotopic (exact) mass is 367 g/mol. The lowest BCUT2D eigenvalue weighted by molar-refractivity contribution is 0.0997. The fraction of sp³-hybridized carbons (Fsp3) is 0.368. The number of carbonyl (C=O) groups is 1. The molecule has 27 heavy (non-hydrogen) atoms. The van der Waals surface area contributed by atoms with Crippen LogP contribution in [0.5, 0.6) is 5.75 Å². The van der Waals surface area contributed by atoms with Crippen LogP contribution in [0, 0.1) is 0 Å². The van der Waals surface area contributed by atoms with Crippen LogP contribution in [-0.4, -0.2) is 32.5 Å². The smallest absolute Gasteiger partial charge is 0.327 e. The summed E-state index contributed by atoms with van der Waals surface area (Å²) in [6, 6.07) is 7.32. The number of benzene rings is 1. The number of rotatable bonds is 4. The van der Waals surface area contributed by atoms with Crippen LogP contribution in [0.2, 0.25) is 0 Å². The van der Waals surface area contributed by atoms with Crippen LogP contribution in [0.25, 0.3) is 22.6 Å². The molecule has 4 rings (SSSR count). The van der Waals surface area contributed by atoms with E-state index in [1.54, 1.807) is 23.8 Å². The quantitative estimate of drug-likeness (QED) is 0.734. The summed E-state index contributed by atoms with van der Waals surface area (Å²) in [5, 5.41) is 0. The van der Waals surface area contributed by atoms with Crippen LogP contribution in [0.4, 0.5) is 0 Å². The molecule has 0 unspecified atom stereocenters. The predicted octanol–water partition coefficient (Wildman–Crippen LogP) is 2.40. The summed E-state index contributed by atoms with van der Waals surface area (Å²) in [5.41, 5.74) is 6.60. The first-order valence-corrected chi connectivity index (χ1v) is 9.05. The van der Waals surface area contributed by atoms with Gasteiger partial charge in [-0.3, -0.25) is 9.36 Å². The number of H-pyrrole nitrogens is 1. The molecule has 3 aromatic rings. The topological polar surface area (TPSA) is 116 Å². The Balaban J connectivity index is 1.99. The largest absolute Gasteiger partial charge is 0.496 e. The maximum absolute atomic E-state index is 12.6. The molecule has 0 atom stereocenters. The van der Waals surface area contributed by atoms with Gasteiger partial charge in [-0.05, 0) is 25.0 Å². The maximum Gasteiger partial charge on any atom is 0.327 e. The number of hydrogen-bond donors (Lipinski definition) is 2. The first-order valence-electron chi connectivity index (χ1n) is 9.05. The maximum atomic E-state index is 12.6. The molecule has 1 aliphatic carbocycles. The number of aromatic nitrogens is 4. The molecule has 1 amide bonds. The van der Waals surface area contributed by atoms with E-state index in [0.29, 0.717) is 22.8 Å². The van der Waals surface area contributed by atoms with Gasteiger partial charge in [-0.15, -0.1) is 0 Å². The summed E-state index contributed by atoms with van der Waals surface area (Å²) < 4.78 is 7.05. The number of methoxy groups -OCH3 is 1. The molecule has 140 valence electrons. The van der Waals surface area contributed by atoms with Crippen LogP contribution >= 0.6 is 0 Å². The van der Waals surface area contributed by atoms with Crippen molar-refractivity contribution < 1.29 is 9.53 Å². The van der Waals surface area contributed by atoms with Gasteiger partial charge in [-0.25, -0.2) is 14.8 Å². The van der Waals surface area contributed by atoms with Gasteiger partial charge in [-0.1, -0.05) is 31.4 Å². The van der Waals surface area contributed by atoms with E-state index in [-0.39, 0.29) is 22.9 Å². The Morgan fingerprint density at radius 2 is 1.96 bits per heavy atom. The van der Waals surface area contributed by atoms with Crippen molar-refractivity contribution in [3.63, 3.8) is 0 Å². The molecule has 0 bridgehead atoms. The van der Waals surface area contributed by atoms with Gasteiger partial charge >= 0.3 is 5.69 Å². The molecule has 0 saturated heterocycles. The van der Waals surface area contributed by atoms with Crippen LogP contribution < -0.4 is 16.2 Å². The van der Waals surface area contributed by atoms with Crippen molar-refractivity contribution >= 4 is 17.1 Å². The average Bonchev–Trinajstić information content (AvgIpc) is 3.03. The normalized spacial score (nSPS) is 15.1. The highest BCUT2D eigenvalue weighted by Gasteiger charge is 2.25. The molecule has 8 nitrogen and oxygen atoms in total. The Morgan fingerprint density at radius 3 is 2.67 bits per heavy atom. The van der Waals surface area contributed by atoms with Crippen LogP contribution in [0.1, 0.15) is 48.6 Å². The number of amides is 1. The van der Waals surface area contributed by atoms with Crippen molar-refractivity contribution in [3.05, 3.63) is 40.4 Å². The Labute approximate surface area is 155 Å².